The summed E-state index contributed by atoms with van der Waals surface area (Å²) in [7, 11) is 2.05. The summed E-state index contributed by atoms with van der Waals surface area (Å²) in [5.74, 6) is 2.83. The van der Waals surface area contributed by atoms with Crippen molar-refractivity contribution in [3.63, 3.8) is 0 Å². The van der Waals surface area contributed by atoms with E-state index in [2.05, 4.69) is 36.8 Å². The van der Waals surface area contributed by atoms with Crippen LogP contribution >= 0.6 is 11.6 Å². The molecule has 2 aliphatic heterocycles. The highest BCUT2D eigenvalue weighted by molar-refractivity contribution is 6.32. The maximum absolute atomic E-state index is 15.1. The molecule has 2 aromatic carbocycles. The van der Waals surface area contributed by atoms with Crippen LogP contribution in [0.25, 0.3) is 0 Å². The normalized spacial score (nSPS) is 20.5. The van der Waals surface area contributed by atoms with E-state index in [1.807, 2.05) is 19.3 Å². The second-order valence-corrected chi connectivity index (χ2v) is 11.9. The number of halogens is 3. The average Bonchev–Trinajstić information content (AvgIpc) is 3.27. The van der Waals surface area contributed by atoms with Crippen molar-refractivity contribution in [1.29, 1.82) is 0 Å². The highest BCUT2D eigenvalue weighted by Crippen LogP contribution is 2.50. The number of hydrogen-bond acceptors (Lipinski definition) is 5. The molecule has 3 heterocycles. The minimum atomic E-state index is -2.95. The van der Waals surface area contributed by atoms with Crippen molar-refractivity contribution >= 4 is 28.9 Å². The molecular weight excluding hydrogens is 556 g/mol. The lowest BCUT2D eigenvalue weighted by molar-refractivity contribution is -0.0257. The van der Waals surface area contributed by atoms with E-state index in [4.69, 9.17) is 11.6 Å². The highest BCUT2D eigenvalue weighted by Gasteiger charge is 2.47. The van der Waals surface area contributed by atoms with Gasteiger partial charge in [-0.1, -0.05) is 29.5 Å². The van der Waals surface area contributed by atoms with Gasteiger partial charge in [-0.25, -0.2) is 8.78 Å². The number of rotatable bonds is 4. The number of amides is 1. The van der Waals surface area contributed by atoms with Crippen LogP contribution in [0.2, 0.25) is 5.02 Å². The number of pyridine rings is 1. The molecule has 3 aromatic rings. The molecule has 6 rings (SSSR count). The summed E-state index contributed by atoms with van der Waals surface area (Å²) in [6.45, 7) is 5.27. The highest BCUT2D eigenvalue weighted by atomic mass is 35.5. The van der Waals surface area contributed by atoms with Crippen molar-refractivity contribution in [2.75, 3.05) is 56.5 Å². The van der Waals surface area contributed by atoms with Gasteiger partial charge in [-0.15, -0.1) is 0 Å². The van der Waals surface area contributed by atoms with Crippen LogP contribution in [0.1, 0.15) is 64.3 Å². The Balaban J connectivity index is 1.18. The number of benzene rings is 2. The molecule has 42 heavy (non-hydrogen) atoms. The monoisotopic (exact) mass is 589 g/mol. The Bertz CT molecular complexity index is 1540. The van der Waals surface area contributed by atoms with Crippen molar-refractivity contribution in [2.24, 2.45) is 0 Å². The number of fused-ring (bicyclic) bond motifs is 1. The molecule has 1 N–H and O–H groups in total. The number of carbonyl (C=O) groups is 1. The number of anilines is 2. The molecule has 6 nitrogen and oxygen atoms in total. The molecule has 1 aromatic heterocycles. The first-order valence-electron chi connectivity index (χ1n) is 14.5. The van der Waals surface area contributed by atoms with Crippen LogP contribution in [0.5, 0.6) is 0 Å². The summed E-state index contributed by atoms with van der Waals surface area (Å²) in [5.41, 5.74) is 3.63. The van der Waals surface area contributed by atoms with Gasteiger partial charge >= 0.3 is 0 Å². The molecule has 9 heteroatoms. The van der Waals surface area contributed by atoms with Gasteiger partial charge in [0.1, 0.15) is 0 Å². The van der Waals surface area contributed by atoms with Gasteiger partial charge in [0, 0.05) is 85.9 Å². The number of carbonyl (C=O) groups excluding carboxylic acids is 1. The molecule has 2 saturated heterocycles. The molecule has 1 unspecified atom stereocenters. The van der Waals surface area contributed by atoms with E-state index in [9.17, 15) is 4.79 Å². The Kier molecular flexibility index (Phi) is 8.17. The third kappa shape index (κ3) is 6.14. The number of piperidine rings is 1. The Hall–Kier alpha value is -3.51. The number of aromatic nitrogens is 1. The largest absolute Gasteiger partial charge is 0.370 e. The smallest absolute Gasteiger partial charge is 0.275 e. The van der Waals surface area contributed by atoms with Crippen LogP contribution in [0.15, 0.2) is 54.9 Å². The summed E-state index contributed by atoms with van der Waals surface area (Å²) in [6, 6.07) is 11.4. The van der Waals surface area contributed by atoms with Gasteiger partial charge in [-0.3, -0.25) is 14.7 Å². The van der Waals surface area contributed by atoms with Crippen LogP contribution in [0, 0.1) is 11.8 Å². The van der Waals surface area contributed by atoms with Gasteiger partial charge in [-0.05, 0) is 68.3 Å². The van der Waals surface area contributed by atoms with Gasteiger partial charge in [0.05, 0.1) is 16.9 Å². The molecule has 0 saturated carbocycles. The molecule has 1 atom stereocenters. The number of nitrogens with one attached hydrogen (secondary N) is 1. The standard InChI is InChI=1S/C33H34ClF2N5O/c1-39-13-15-41(16-14-39)31-20-33(35,36)29-19-26(8-9-28(29)31)38-32(42)25-7-10-30(34)24(18-25)6-5-23-17-27(22-37-21-23)40-11-3-2-4-12-40/h7-10,17-19,21-22,31H,2-4,11-16,20H2,1H3,(H,38,42). The summed E-state index contributed by atoms with van der Waals surface area (Å²) >= 11 is 6.41. The fraction of sp³-hybridized carbons (Fsp3) is 0.394. The van der Waals surface area contributed by atoms with Crippen LogP contribution in [0.4, 0.5) is 20.2 Å². The maximum Gasteiger partial charge on any atom is 0.275 e. The number of nitrogens with zero attached hydrogens (tertiary/aromatic N) is 4. The first kappa shape index (κ1) is 28.6. The van der Waals surface area contributed by atoms with Crippen molar-refractivity contribution in [3.05, 3.63) is 87.7 Å². The molecular formula is C33H34ClF2N5O. The fourth-order valence-corrected chi connectivity index (χ4v) is 6.25. The molecule has 3 aliphatic rings. The van der Waals surface area contributed by atoms with Crippen LogP contribution in [0.3, 0.4) is 0 Å². The minimum absolute atomic E-state index is 0.00715. The Labute approximate surface area is 250 Å². The van der Waals surface area contributed by atoms with Crippen molar-refractivity contribution in [2.45, 2.75) is 37.6 Å². The molecule has 0 spiro atoms. The molecule has 0 bridgehead atoms. The number of hydrogen-bond donors (Lipinski definition) is 1. The maximum atomic E-state index is 15.1. The van der Waals surface area contributed by atoms with Crippen LogP contribution in [-0.4, -0.2) is 67.0 Å². The lowest BCUT2D eigenvalue weighted by Gasteiger charge is -2.36. The molecule has 0 radical (unpaired) electrons. The first-order valence-corrected chi connectivity index (χ1v) is 14.9. The fourth-order valence-electron chi connectivity index (χ4n) is 6.09. The van der Waals surface area contributed by atoms with E-state index in [-0.39, 0.29) is 18.0 Å². The predicted octanol–water partition coefficient (Wildman–Crippen LogP) is 6.16. The number of likely N-dealkylation sites (N-methyl/N-ethyl adjacent to an activating group) is 1. The minimum Gasteiger partial charge on any atom is -0.370 e. The van der Waals surface area contributed by atoms with Gasteiger partial charge in [-0.2, -0.15) is 0 Å². The zero-order valence-corrected chi connectivity index (χ0v) is 24.4. The van der Waals surface area contributed by atoms with Crippen LogP contribution < -0.4 is 10.2 Å². The topological polar surface area (TPSA) is 51.7 Å². The molecule has 218 valence electrons. The van der Waals surface area contributed by atoms with Gasteiger partial charge in [0.2, 0.25) is 0 Å². The van der Waals surface area contributed by atoms with E-state index < -0.39 is 11.8 Å². The predicted molar refractivity (Wildman–Crippen MR) is 162 cm³/mol. The van der Waals surface area contributed by atoms with Gasteiger partial charge < -0.3 is 15.1 Å². The van der Waals surface area contributed by atoms with E-state index >= 15 is 8.78 Å². The van der Waals surface area contributed by atoms with Crippen LogP contribution in [-0.2, 0) is 5.92 Å². The zero-order chi connectivity index (χ0) is 29.3. The lowest BCUT2D eigenvalue weighted by atomic mass is 10.0. The van der Waals surface area contributed by atoms with Crippen molar-refractivity contribution < 1.29 is 13.6 Å². The van der Waals surface area contributed by atoms with Crippen molar-refractivity contribution in [1.82, 2.24) is 14.8 Å². The van der Waals surface area contributed by atoms with Gasteiger partial charge in [0.15, 0.2) is 0 Å². The quantitative estimate of drug-likeness (QED) is 0.369. The molecule has 1 aliphatic carbocycles. The lowest BCUT2D eigenvalue weighted by Crippen LogP contribution is -2.45. The average molecular weight is 590 g/mol. The summed E-state index contributed by atoms with van der Waals surface area (Å²) in [6.07, 6.45) is 6.93. The number of alkyl halides is 2. The molecule has 2 fully saturated rings. The van der Waals surface area contributed by atoms with E-state index in [0.717, 1.165) is 50.5 Å². The first-order chi connectivity index (χ1) is 20.3. The van der Waals surface area contributed by atoms with E-state index in [0.29, 0.717) is 27.4 Å². The Morgan fingerprint density at radius 3 is 2.55 bits per heavy atom. The second-order valence-electron chi connectivity index (χ2n) is 11.4. The Morgan fingerprint density at radius 2 is 1.76 bits per heavy atom. The third-order valence-corrected chi connectivity index (χ3v) is 8.84. The Morgan fingerprint density at radius 1 is 0.976 bits per heavy atom. The second kappa shape index (κ2) is 12.0. The molecule has 1 amide bonds. The van der Waals surface area contributed by atoms with E-state index in [1.54, 1.807) is 36.5 Å². The van der Waals surface area contributed by atoms with E-state index in [1.165, 1.54) is 25.3 Å². The third-order valence-electron chi connectivity index (χ3n) is 8.51. The summed E-state index contributed by atoms with van der Waals surface area (Å²) in [5, 5.41) is 3.21. The summed E-state index contributed by atoms with van der Waals surface area (Å²) < 4.78 is 30.3. The zero-order valence-electron chi connectivity index (χ0n) is 23.7. The van der Waals surface area contributed by atoms with Gasteiger partial charge in [0.25, 0.3) is 11.8 Å². The number of piperazine rings is 1. The SMILES string of the molecule is CN1CCN(C2CC(F)(F)c3cc(NC(=O)c4ccc(Cl)c(C#Cc5cncc(N6CCCCC6)c5)c4)ccc32)CC1. The summed E-state index contributed by atoms with van der Waals surface area (Å²) in [4.78, 5) is 24.2. The van der Waals surface area contributed by atoms with Crippen molar-refractivity contribution in [3.8, 4) is 11.8 Å².